The molecule has 0 saturated heterocycles. The first-order valence-corrected chi connectivity index (χ1v) is 6.41. The Morgan fingerprint density at radius 1 is 1.42 bits per heavy atom. The average molecular weight is 267 g/mol. The van der Waals surface area contributed by atoms with Crippen molar-refractivity contribution in [2.45, 2.75) is 38.0 Å². The van der Waals surface area contributed by atoms with Crippen LogP contribution in [0.3, 0.4) is 0 Å². The van der Waals surface area contributed by atoms with E-state index in [4.69, 9.17) is 14.7 Å². The fraction of sp³-hybridized carbons (Fsp3) is 0.692. The van der Waals surface area contributed by atoms with E-state index < -0.39 is 6.29 Å². The minimum Gasteiger partial charge on any atom is -0.385 e. The maximum atomic E-state index is 11.8. The molecule has 6 nitrogen and oxygen atoms in total. The summed E-state index contributed by atoms with van der Waals surface area (Å²) in [5.74, 6) is -0.326. The highest BCUT2D eigenvalue weighted by Gasteiger charge is 2.19. The standard InChI is InChI=1S/C13H21N3O3/c1-18-12(19-2)9-15-8-10(7-14)13(17)16-11-5-3-4-6-11/h8,11-12,15H,3-6,9H2,1-2H3,(H,16,17)/b10-8-. The van der Waals surface area contributed by atoms with Crippen LogP contribution in [0.4, 0.5) is 0 Å². The maximum Gasteiger partial charge on any atom is 0.263 e. The summed E-state index contributed by atoms with van der Waals surface area (Å²) in [5.41, 5.74) is 0.0675. The second-order valence-corrected chi connectivity index (χ2v) is 4.43. The van der Waals surface area contributed by atoms with E-state index in [0.29, 0.717) is 6.54 Å². The lowest BCUT2D eigenvalue weighted by atomic mass is 10.2. The minimum absolute atomic E-state index is 0.0675. The number of carbonyl (C=O) groups excluding carboxylic acids is 1. The number of rotatable bonds is 7. The summed E-state index contributed by atoms with van der Waals surface area (Å²) in [7, 11) is 3.05. The molecular weight excluding hydrogens is 246 g/mol. The summed E-state index contributed by atoms with van der Waals surface area (Å²) in [5, 5.41) is 14.7. The van der Waals surface area contributed by atoms with Gasteiger partial charge in [0.25, 0.3) is 5.91 Å². The van der Waals surface area contributed by atoms with E-state index in [1.54, 1.807) is 0 Å². The summed E-state index contributed by atoms with van der Waals surface area (Å²) in [6, 6.07) is 2.09. The van der Waals surface area contributed by atoms with Crippen molar-refractivity contribution in [3.63, 3.8) is 0 Å². The smallest absolute Gasteiger partial charge is 0.263 e. The van der Waals surface area contributed by atoms with Gasteiger partial charge in [0.1, 0.15) is 11.6 Å². The van der Waals surface area contributed by atoms with Gasteiger partial charge in [0.05, 0.1) is 6.54 Å². The molecule has 1 saturated carbocycles. The van der Waals surface area contributed by atoms with Gasteiger partial charge in [-0.2, -0.15) is 5.26 Å². The molecule has 1 fully saturated rings. The van der Waals surface area contributed by atoms with Gasteiger partial charge in [0.15, 0.2) is 6.29 Å². The van der Waals surface area contributed by atoms with Gasteiger partial charge < -0.3 is 20.1 Å². The number of methoxy groups -OCH3 is 2. The SMILES string of the molecule is COC(CN/C=C(/C#N)C(=O)NC1CCCC1)OC. The molecule has 106 valence electrons. The van der Waals surface area contributed by atoms with Gasteiger partial charge in [-0.15, -0.1) is 0 Å². The molecule has 0 aliphatic heterocycles. The predicted molar refractivity (Wildman–Crippen MR) is 69.9 cm³/mol. The second-order valence-electron chi connectivity index (χ2n) is 4.43. The van der Waals surface area contributed by atoms with Crippen molar-refractivity contribution in [1.29, 1.82) is 5.26 Å². The lowest BCUT2D eigenvalue weighted by molar-refractivity contribution is -0.117. The summed E-state index contributed by atoms with van der Waals surface area (Å²) in [4.78, 5) is 11.8. The Balaban J connectivity index is 2.42. The van der Waals surface area contributed by atoms with Gasteiger partial charge in [-0.1, -0.05) is 12.8 Å². The summed E-state index contributed by atoms with van der Waals surface area (Å²) >= 11 is 0. The molecule has 6 heteroatoms. The molecule has 0 heterocycles. The molecule has 0 unspecified atom stereocenters. The van der Waals surface area contributed by atoms with Crippen molar-refractivity contribution in [1.82, 2.24) is 10.6 Å². The number of hydrogen-bond donors (Lipinski definition) is 2. The largest absolute Gasteiger partial charge is 0.385 e. The lowest BCUT2D eigenvalue weighted by Gasteiger charge is -2.13. The Hall–Kier alpha value is -1.58. The number of ether oxygens (including phenoxy) is 2. The van der Waals surface area contributed by atoms with Crippen molar-refractivity contribution < 1.29 is 14.3 Å². The average Bonchev–Trinajstić information content (AvgIpc) is 2.92. The van der Waals surface area contributed by atoms with Crippen molar-refractivity contribution in [3.8, 4) is 6.07 Å². The zero-order valence-corrected chi connectivity index (χ0v) is 11.4. The Bertz CT molecular complexity index is 353. The van der Waals surface area contributed by atoms with Crippen molar-refractivity contribution in [2.24, 2.45) is 0 Å². The Kier molecular flexibility index (Phi) is 6.93. The van der Waals surface area contributed by atoms with Crippen LogP contribution < -0.4 is 10.6 Å². The van der Waals surface area contributed by atoms with E-state index in [9.17, 15) is 4.79 Å². The Morgan fingerprint density at radius 2 is 2.05 bits per heavy atom. The van der Waals surface area contributed by atoms with Gasteiger partial charge in [-0.25, -0.2) is 0 Å². The molecule has 1 aliphatic rings. The molecular formula is C13H21N3O3. The van der Waals surface area contributed by atoms with Gasteiger partial charge in [-0.05, 0) is 12.8 Å². The third-order valence-corrected chi connectivity index (χ3v) is 3.11. The number of carbonyl (C=O) groups is 1. The molecule has 1 rings (SSSR count). The van der Waals surface area contributed by atoms with E-state index in [2.05, 4.69) is 10.6 Å². The van der Waals surface area contributed by atoms with Crippen LogP contribution >= 0.6 is 0 Å². The minimum atomic E-state index is -0.408. The third-order valence-electron chi connectivity index (χ3n) is 3.11. The van der Waals surface area contributed by atoms with Crippen LogP contribution in [0.1, 0.15) is 25.7 Å². The van der Waals surface area contributed by atoms with E-state index in [1.165, 1.54) is 20.4 Å². The number of nitriles is 1. The van der Waals surface area contributed by atoms with Crippen LogP contribution in [-0.2, 0) is 14.3 Å². The first kappa shape index (κ1) is 15.5. The number of amides is 1. The van der Waals surface area contributed by atoms with E-state index in [1.807, 2.05) is 6.07 Å². The molecule has 0 aromatic carbocycles. The van der Waals surface area contributed by atoms with E-state index >= 15 is 0 Å². The Morgan fingerprint density at radius 3 is 2.58 bits per heavy atom. The summed E-state index contributed by atoms with van der Waals surface area (Å²) in [6.07, 6.45) is 5.25. The highest BCUT2D eigenvalue weighted by molar-refractivity contribution is 5.97. The fourth-order valence-electron chi connectivity index (χ4n) is 2.00. The molecule has 2 N–H and O–H groups in total. The quantitative estimate of drug-likeness (QED) is 0.402. The van der Waals surface area contributed by atoms with Crippen LogP contribution in [0.2, 0.25) is 0 Å². The van der Waals surface area contributed by atoms with Gasteiger partial charge in [0.2, 0.25) is 0 Å². The second kappa shape index (κ2) is 8.51. The van der Waals surface area contributed by atoms with Crippen molar-refractivity contribution in [3.05, 3.63) is 11.8 Å². The number of hydrogen-bond acceptors (Lipinski definition) is 5. The highest BCUT2D eigenvalue weighted by atomic mass is 16.7. The van der Waals surface area contributed by atoms with Crippen LogP contribution in [0.25, 0.3) is 0 Å². The first-order valence-electron chi connectivity index (χ1n) is 6.41. The monoisotopic (exact) mass is 267 g/mol. The molecule has 1 amide bonds. The first-order chi connectivity index (χ1) is 9.21. The van der Waals surface area contributed by atoms with Gasteiger partial charge >= 0.3 is 0 Å². The van der Waals surface area contributed by atoms with Crippen molar-refractivity contribution in [2.75, 3.05) is 20.8 Å². The molecule has 0 aromatic rings. The van der Waals surface area contributed by atoms with Crippen molar-refractivity contribution >= 4 is 5.91 Å². The van der Waals surface area contributed by atoms with Gasteiger partial charge in [-0.3, -0.25) is 4.79 Å². The van der Waals surface area contributed by atoms with Crippen LogP contribution in [0.5, 0.6) is 0 Å². The molecule has 0 bridgehead atoms. The molecule has 0 spiro atoms. The van der Waals surface area contributed by atoms with E-state index in [-0.39, 0.29) is 17.5 Å². The molecule has 19 heavy (non-hydrogen) atoms. The molecule has 0 radical (unpaired) electrons. The van der Waals surface area contributed by atoms with Gasteiger partial charge in [0, 0.05) is 26.5 Å². The molecule has 0 aromatic heterocycles. The lowest BCUT2D eigenvalue weighted by Crippen LogP contribution is -2.34. The zero-order chi connectivity index (χ0) is 14.1. The summed E-state index contributed by atoms with van der Waals surface area (Å²) in [6.45, 7) is 0.370. The van der Waals surface area contributed by atoms with Crippen LogP contribution in [0.15, 0.2) is 11.8 Å². The Labute approximate surface area is 113 Å². The molecule has 1 aliphatic carbocycles. The fourth-order valence-corrected chi connectivity index (χ4v) is 2.00. The number of nitrogens with zero attached hydrogens (tertiary/aromatic N) is 1. The maximum absolute atomic E-state index is 11.8. The van der Waals surface area contributed by atoms with Crippen LogP contribution in [-0.4, -0.2) is 39.0 Å². The normalized spacial score (nSPS) is 16.4. The van der Waals surface area contributed by atoms with Crippen LogP contribution in [0, 0.1) is 11.3 Å². The predicted octanol–water partition coefficient (Wildman–Crippen LogP) is 0.661. The highest BCUT2D eigenvalue weighted by Crippen LogP contribution is 2.17. The molecule has 0 atom stereocenters. The topological polar surface area (TPSA) is 83.4 Å². The number of nitrogens with one attached hydrogen (secondary N) is 2. The third kappa shape index (κ3) is 5.28. The summed E-state index contributed by atoms with van der Waals surface area (Å²) < 4.78 is 9.97. The van der Waals surface area contributed by atoms with E-state index in [0.717, 1.165) is 25.7 Å². The zero-order valence-electron chi connectivity index (χ0n) is 11.4.